The fourth-order valence-corrected chi connectivity index (χ4v) is 11.3. The summed E-state index contributed by atoms with van der Waals surface area (Å²) in [6.45, 7) is 6.27. The minimum absolute atomic E-state index is 0.0670. The number of carbonyl (C=O) groups is 8. The Bertz CT molecular complexity index is 2000. The predicted molar refractivity (Wildman–Crippen MR) is 250 cm³/mol. The molecule has 1 aromatic carbocycles. The second-order valence-electron chi connectivity index (χ2n) is 20.1. The van der Waals surface area contributed by atoms with Crippen LogP contribution in [0.2, 0.25) is 0 Å². The largest absolute Gasteiger partial charge is 0.497 e. The first-order chi connectivity index (χ1) is 32.7. The van der Waals surface area contributed by atoms with E-state index in [0.717, 1.165) is 25.7 Å². The van der Waals surface area contributed by atoms with Crippen LogP contribution < -0.4 is 63.6 Å². The molecule has 20 nitrogen and oxygen atoms in total. The summed E-state index contributed by atoms with van der Waals surface area (Å²) in [5.74, 6) is -4.87. The molecule has 3 aliphatic heterocycles. The van der Waals surface area contributed by atoms with Crippen molar-refractivity contribution in [3.05, 3.63) is 29.8 Å². The summed E-state index contributed by atoms with van der Waals surface area (Å²) in [6, 6.07) is 4.62. The lowest BCUT2D eigenvalue weighted by Crippen LogP contribution is -2.54. The average molecular weight is 948 g/mol. The van der Waals surface area contributed by atoms with Crippen LogP contribution in [-0.2, 0) is 33.6 Å². The van der Waals surface area contributed by atoms with E-state index in [0.29, 0.717) is 82.7 Å². The molecule has 13 atom stereocenters. The molecule has 3 saturated carbocycles. The molecular weight excluding hydrogens is 875 g/mol. The third kappa shape index (κ3) is 12.3. The molecule has 0 bridgehead atoms. The van der Waals surface area contributed by atoms with Crippen LogP contribution in [0.4, 0.5) is 0 Å². The summed E-state index contributed by atoms with van der Waals surface area (Å²) in [6.07, 6.45) is 6.35. The Morgan fingerprint density at radius 3 is 1.51 bits per heavy atom. The lowest BCUT2D eigenvalue weighted by atomic mass is 9.92. The molecule has 0 radical (unpaired) electrons. The normalized spacial score (nSPS) is 31.5. The molecule has 7 amide bonds. The number of amides is 7. The van der Waals surface area contributed by atoms with Gasteiger partial charge in [-0.3, -0.25) is 38.4 Å². The first-order valence-corrected chi connectivity index (χ1v) is 24.8. The SMILES string of the molecule is COc1ccc(C(=O)CNC2CCCC2C(=O)NC2CNCC2C(=O)NC2CCCC2C(=O)NC2CNCC2C(=O)NCC(C(=O)NC2CNCC2C(=O)NC2CCCC2C(N)=O)C(C)C)cc1. The Balaban J connectivity index is 0.857. The van der Waals surface area contributed by atoms with Crippen molar-refractivity contribution < 1.29 is 43.1 Å². The van der Waals surface area contributed by atoms with E-state index in [4.69, 9.17) is 10.5 Å². The van der Waals surface area contributed by atoms with Crippen molar-refractivity contribution in [3.63, 3.8) is 0 Å². The zero-order valence-corrected chi connectivity index (χ0v) is 39.7. The van der Waals surface area contributed by atoms with Gasteiger partial charge >= 0.3 is 0 Å². The van der Waals surface area contributed by atoms with Crippen LogP contribution >= 0.6 is 0 Å². The fraction of sp³-hybridized carbons (Fsp3) is 0.708. The van der Waals surface area contributed by atoms with Gasteiger partial charge in [0.05, 0.1) is 73.2 Å². The number of Topliss-reactive ketones (excluding diaryl/α,β-unsaturated/α-hetero) is 1. The molecule has 6 fully saturated rings. The van der Waals surface area contributed by atoms with Gasteiger partial charge in [0, 0.05) is 69.5 Å². The highest BCUT2D eigenvalue weighted by molar-refractivity contribution is 5.98. The minimum Gasteiger partial charge on any atom is -0.497 e. The van der Waals surface area contributed by atoms with Crippen LogP contribution in [0.15, 0.2) is 24.3 Å². The Morgan fingerprint density at radius 1 is 0.559 bits per heavy atom. The van der Waals surface area contributed by atoms with E-state index in [1.807, 2.05) is 13.8 Å². The van der Waals surface area contributed by atoms with Crippen molar-refractivity contribution in [2.75, 3.05) is 59.5 Å². The number of ether oxygens (including phenoxy) is 1. The Labute approximate surface area is 398 Å². The standard InChI is InChI=1S/C48H73N11O9/c1-25(2)31(46(65)59-40-23-52-19-34(40)47(66)55-36-11-4-7-28(36)42(49)61)20-54-43(62)32-17-50-21-38(32)57-45(64)30-9-6-12-37(30)56-48(67)33-18-51-22-39(33)58-44(63)29-8-5-10-35(29)53-24-41(60)26-13-15-27(68-3)16-14-26/h13-16,25,28-40,50-53H,4-12,17-24H2,1-3H3,(H2,49,61)(H,54,62)(H,55,66)(H,56,67)(H,57,64)(H,58,63)(H,59,65). The van der Waals surface area contributed by atoms with Crippen LogP contribution in [0, 0.1) is 47.3 Å². The fourth-order valence-electron chi connectivity index (χ4n) is 11.3. The van der Waals surface area contributed by atoms with Crippen LogP contribution in [0.3, 0.4) is 0 Å². The molecule has 3 heterocycles. The Hall–Kier alpha value is -5.18. The molecule has 7 rings (SSSR count). The molecule has 3 aliphatic carbocycles. The third-order valence-corrected chi connectivity index (χ3v) is 15.5. The number of nitrogens with one attached hydrogen (secondary N) is 10. The van der Waals surface area contributed by atoms with Crippen LogP contribution in [0.1, 0.15) is 82.0 Å². The molecule has 0 spiro atoms. The van der Waals surface area contributed by atoms with E-state index in [1.165, 1.54) is 0 Å². The van der Waals surface area contributed by atoms with Crippen molar-refractivity contribution in [2.24, 2.45) is 53.1 Å². The number of hydrogen-bond donors (Lipinski definition) is 11. The Kier molecular flexibility index (Phi) is 17.5. The average Bonchev–Trinajstić information content (AvgIpc) is 4.18. The van der Waals surface area contributed by atoms with E-state index in [9.17, 15) is 38.4 Å². The van der Waals surface area contributed by atoms with Gasteiger partial charge in [-0.2, -0.15) is 0 Å². The maximum Gasteiger partial charge on any atom is 0.226 e. The number of carbonyl (C=O) groups excluding carboxylic acids is 8. The van der Waals surface area contributed by atoms with Crippen LogP contribution in [0.25, 0.3) is 0 Å². The van der Waals surface area contributed by atoms with Gasteiger partial charge in [0.1, 0.15) is 5.75 Å². The van der Waals surface area contributed by atoms with Gasteiger partial charge in [-0.05, 0) is 68.7 Å². The van der Waals surface area contributed by atoms with Crippen molar-refractivity contribution >= 4 is 47.1 Å². The number of methoxy groups -OCH3 is 1. The number of hydrogen-bond acceptors (Lipinski definition) is 13. The number of rotatable bonds is 20. The quantitative estimate of drug-likeness (QED) is 0.0644. The van der Waals surface area contributed by atoms with Gasteiger partial charge < -0.3 is 63.6 Å². The molecule has 3 saturated heterocycles. The molecule has 1 aromatic rings. The zero-order valence-electron chi connectivity index (χ0n) is 39.7. The highest BCUT2D eigenvalue weighted by Gasteiger charge is 2.44. The van der Waals surface area contributed by atoms with Crippen molar-refractivity contribution in [2.45, 2.75) is 108 Å². The number of primary amides is 1. The van der Waals surface area contributed by atoms with Crippen molar-refractivity contribution in [1.29, 1.82) is 0 Å². The van der Waals surface area contributed by atoms with Gasteiger partial charge in [-0.15, -0.1) is 0 Å². The van der Waals surface area contributed by atoms with Gasteiger partial charge in [-0.25, -0.2) is 0 Å². The monoisotopic (exact) mass is 948 g/mol. The van der Waals surface area contributed by atoms with Gasteiger partial charge in [0.25, 0.3) is 0 Å². The maximum absolute atomic E-state index is 13.9. The molecule has 0 aromatic heterocycles. The van der Waals surface area contributed by atoms with Crippen LogP contribution in [0.5, 0.6) is 5.75 Å². The summed E-state index contributed by atoms with van der Waals surface area (Å²) in [5, 5.41) is 31.3. The van der Waals surface area contributed by atoms with Gasteiger partial charge in [-0.1, -0.05) is 33.1 Å². The first-order valence-electron chi connectivity index (χ1n) is 24.8. The summed E-state index contributed by atoms with van der Waals surface area (Å²) < 4.78 is 5.19. The Morgan fingerprint density at radius 2 is 1.00 bits per heavy atom. The summed E-state index contributed by atoms with van der Waals surface area (Å²) in [7, 11) is 1.57. The van der Waals surface area contributed by atoms with Crippen molar-refractivity contribution in [3.8, 4) is 5.75 Å². The van der Waals surface area contributed by atoms with Gasteiger partial charge in [0.15, 0.2) is 5.78 Å². The molecule has 6 aliphatic rings. The third-order valence-electron chi connectivity index (χ3n) is 15.5. The lowest BCUT2D eigenvalue weighted by molar-refractivity contribution is -0.131. The van der Waals surface area contributed by atoms with E-state index < -0.39 is 65.6 Å². The number of benzene rings is 1. The van der Waals surface area contributed by atoms with E-state index in [1.54, 1.807) is 31.4 Å². The van der Waals surface area contributed by atoms with Crippen molar-refractivity contribution in [1.82, 2.24) is 53.2 Å². The highest BCUT2D eigenvalue weighted by atomic mass is 16.5. The summed E-state index contributed by atoms with van der Waals surface area (Å²) in [4.78, 5) is 107. The first kappa shape index (κ1) is 50.7. The topological polar surface area (TPSA) is 292 Å². The smallest absolute Gasteiger partial charge is 0.226 e. The van der Waals surface area contributed by atoms with Gasteiger partial charge in [0.2, 0.25) is 41.4 Å². The van der Waals surface area contributed by atoms with E-state index >= 15 is 0 Å². The summed E-state index contributed by atoms with van der Waals surface area (Å²) in [5.41, 5.74) is 6.12. The molecule has 68 heavy (non-hydrogen) atoms. The van der Waals surface area contributed by atoms with Crippen LogP contribution in [-0.4, -0.2) is 143 Å². The van der Waals surface area contributed by atoms with E-state index in [2.05, 4.69) is 53.2 Å². The molecule has 12 N–H and O–H groups in total. The second-order valence-corrected chi connectivity index (χ2v) is 20.1. The number of ketones is 1. The second kappa shape index (κ2) is 23.4. The van der Waals surface area contributed by atoms with E-state index in [-0.39, 0.29) is 78.2 Å². The number of nitrogens with two attached hydrogens (primary N) is 1. The molecule has 374 valence electrons. The molecule has 20 heteroatoms. The molecular formula is C48H73N11O9. The predicted octanol–water partition coefficient (Wildman–Crippen LogP) is -1.81. The maximum atomic E-state index is 13.9. The minimum atomic E-state index is -0.589. The lowest BCUT2D eigenvalue weighted by Gasteiger charge is -2.28. The summed E-state index contributed by atoms with van der Waals surface area (Å²) >= 11 is 0. The molecule has 13 unspecified atom stereocenters. The highest BCUT2D eigenvalue weighted by Crippen LogP contribution is 2.30. The zero-order chi connectivity index (χ0) is 48.5.